The molecule has 0 aliphatic rings. The minimum Gasteiger partial charge on any atom is -0.386 e. The molecule has 2 rings (SSSR count). The van der Waals surface area contributed by atoms with Crippen molar-refractivity contribution in [2.24, 2.45) is 0 Å². The molecule has 0 aromatic carbocycles. The number of pyridine rings is 1. The molecule has 2 heterocycles. The Kier molecular flexibility index (Phi) is 4.72. The maximum Gasteiger partial charge on any atom is 0.101 e. The van der Waals surface area contributed by atoms with Gasteiger partial charge in [-0.15, -0.1) is 11.3 Å². The molecule has 96 valence electrons. The Morgan fingerprint density at radius 2 is 2.22 bits per heavy atom. The summed E-state index contributed by atoms with van der Waals surface area (Å²) in [6, 6.07) is 7.66. The third kappa shape index (κ3) is 3.78. The molecular formula is C13H15ClN2OS. The SMILES string of the molecule is Cc1ccc(CNCC(O)c2ccc(Cl)s2)nc1. The smallest absolute Gasteiger partial charge is 0.101 e. The first-order valence-corrected chi connectivity index (χ1v) is 6.90. The van der Waals surface area contributed by atoms with Gasteiger partial charge in [0, 0.05) is 24.2 Å². The second kappa shape index (κ2) is 6.29. The Morgan fingerprint density at radius 1 is 1.39 bits per heavy atom. The van der Waals surface area contributed by atoms with Crippen molar-refractivity contribution in [1.29, 1.82) is 0 Å². The fourth-order valence-electron chi connectivity index (χ4n) is 1.55. The molecule has 18 heavy (non-hydrogen) atoms. The number of halogens is 1. The predicted octanol–water partition coefficient (Wildman–Crippen LogP) is 2.93. The number of nitrogens with one attached hydrogen (secondary N) is 1. The van der Waals surface area contributed by atoms with Gasteiger partial charge in [-0.2, -0.15) is 0 Å². The lowest BCUT2D eigenvalue weighted by Crippen LogP contribution is -2.21. The van der Waals surface area contributed by atoms with Crippen molar-refractivity contribution >= 4 is 22.9 Å². The summed E-state index contributed by atoms with van der Waals surface area (Å²) in [7, 11) is 0. The van der Waals surface area contributed by atoms with E-state index in [1.54, 1.807) is 6.07 Å². The van der Waals surface area contributed by atoms with E-state index in [0.29, 0.717) is 17.4 Å². The van der Waals surface area contributed by atoms with Crippen LogP contribution < -0.4 is 5.32 Å². The zero-order valence-electron chi connectivity index (χ0n) is 10.1. The van der Waals surface area contributed by atoms with Crippen LogP contribution in [-0.2, 0) is 6.54 Å². The second-order valence-corrected chi connectivity index (χ2v) is 5.86. The maximum atomic E-state index is 9.92. The third-order valence-corrected chi connectivity index (χ3v) is 3.87. The van der Waals surface area contributed by atoms with Gasteiger partial charge >= 0.3 is 0 Å². The molecule has 0 aliphatic carbocycles. The van der Waals surface area contributed by atoms with E-state index in [4.69, 9.17) is 11.6 Å². The fraction of sp³-hybridized carbons (Fsp3) is 0.308. The van der Waals surface area contributed by atoms with E-state index in [1.807, 2.05) is 31.3 Å². The van der Waals surface area contributed by atoms with Gasteiger partial charge < -0.3 is 10.4 Å². The van der Waals surface area contributed by atoms with Gasteiger partial charge in [0.25, 0.3) is 0 Å². The first-order valence-electron chi connectivity index (χ1n) is 5.70. The molecule has 2 aromatic heterocycles. The minimum atomic E-state index is -0.520. The molecule has 0 fully saturated rings. The molecule has 3 nitrogen and oxygen atoms in total. The van der Waals surface area contributed by atoms with E-state index in [1.165, 1.54) is 11.3 Å². The van der Waals surface area contributed by atoms with Crippen LogP contribution in [-0.4, -0.2) is 16.6 Å². The maximum absolute atomic E-state index is 9.92. The second-order valence-electron chi connectivity index (χ2n) is 4.12. The van der Waals surface area contributed by atoms with Crippen LogP contribution in [0.1, 0.15) is 22.2 Å². The molecular weight excluding hydrogens is 268 g/mol. The van der Waals surface area contributed by atoms with Crippen molar-refractivity contribution in [3.8, 4) is 0 Å². The van der Waals surface area contributed by atoms with Crippen molar-refractivity contribution in [3.63, 3.8) is 0 Å². The van der Waals surface area contributed by atoms with Gasteiger partial charge in [0.05, 0.1) is 10.0 Å². The fourth-order valence-corrected chi connectivity index (χ4v) is 2.59. The Hall–Kier alpha value is -0.940. The van der Waals surface area contributed by atoms with Crippen molar-refractivity contribution in [1.82, 2.24) is 10.3 Å². The molecule has 0 spiro atoms. The number of aryl methyl sites for hydroxylation is 1. The van der Waals surface area contributed by atoms with Crippen LogP contribution in [0, 0.1) is 6.92 Å². The highest BCUT2D eigenvalue weighted by Crippen LogP contribution is 2.26. The van der Waals surface area contributed by atoms with Crippen LogP contribution in [0.25, 0.3) is 0 Å². The first-order chi connectivity index (χ1) is 8.65. The zero-order valence-corrected chi connectivity index (χ0v) is 11.6. The molecule has 0 saturated heterocycles. The molecule has 1 atom stereocenters. The van der Waals surface area contributed by atoms with Crippen molar-refractivity contribution in [2.45, 2.75) is 19.6 Å². The van der Waals surface area contributed by atoms with Crippen LogP contribution in [0.3, 0.4) is 0 Å². The van der Waals surface area contributed by atoms with Gasteiger partial charge in [-0.3, -0.25) is 4.98 Å². The lowest BCUT2D eigenvalue weighted by molar-refractivity contribution is 0.178. The van der Waals surface area contributed by atoms with Gasteiger partial charge in [-0.1, -0.05) is 17.7 Å². The van der Waals surface area contributed by atoms with E-state index in [9.17, 15) is 5.11 Å². The average Bonchev–Trinajstić information content (AvgIpc) is 2.78. The number of hydrogen-bond donors (Lipinski definition) is 2. The van der Waals surface area contributed by atoms with E-state index in [-0.39, 0.29) is 0 Å². The summed E-state index contributed by atoms with van der Waals surface area (Å²) >= 11 is 7.23. The highest BCUT2D eigenvalue weighted by molar-refractivity contribution is 7.16. The number of nitrogens with zero attached hydrogens (tertiary/aromatic N) is 1. The van der Waals surface area contributed by atoms with Crippen LogP contribution in [0.4, 0.5) is 0 Å². The molecule has 2 aromatic rings. The molecule has 0 amide bonds. The minimum absolute atomic E-state index is 0.492. The number of aliphatic hydroxyl groups is 1. The van der Waals surface area contributed by atoms with Gasteiger partial charge in [-0.05, 0) is 30.7 Å². The molecule has 0 bridgehead atoms. The summed E-state index contributed by atoms with van der Waals surface area (Å²) in [5, 5.41) is 13.1. The topological polar surface area (TPSA) is 45.1 Å². The van der Waals surface area contributed by atoms with Gasteiger partial charge in [0.1, 0.15) is 6.10 Å². The Labute approximate surface area is 115 Å². The van der Waals surface area contributed by atoms with E-state index in [0.717, 1.165) is 16.1 Å². The van der Waals surface area contributed by atoms with Crippen LogP contribution in [0.5, 0.6) is 0 Å². The van der Waals surface area contributed by atoms with E-state index < -0.39 is 6.10 Å². The normalized spacial score (nSPS) is 12.6. The number of thiophene rings is 1. The van der Waals surface area contributed by atoms with Crippen molar-refractivity contribution in [2.75, 3.05) is 6.54 Å². The number of aromatic nitrogens is 1. The molecule has 1 unspecified atom stereocenters. The summed E-state index contributed by atoms with van der Waals surface area (Å²) in [5.41, 5.74) is 2.11. The summed E-state index contributed by atoms with van der Waals surface area (Å²) in [5.74, 6) is 0. The zero-order chi connectivity index (χ0) is 13.0. The largest absolute Gasteiger partial charge is 0.386 e. The number of rotatable bonds is 5. The quantitative estimate of drug-likeness (QED) is 0.886. The standard InChI is InChI=1S/C13H15ClN2OS/c1-9-2-3-10(16-6-9)7-15-8-11(17)12-4-5-13(14)18-12/h2-6,11,15,17H,7-8H2,1H3. The van der Waals surface area contributed by atoms with Gasteiger partial charge in [0.15, 0.2) is 0 Å². The summed E-state index contributed by atoms with van der Waals surface area (Å²) in [6.07, 6.45) is 1.32. The third-order valence-electron chi connectivity index (χ3n) is 2.54. The van der Waals surface area contributed by atoms with Crippen molar-refractivity contribution in [3.05, 3.63) is 50.9 Å². The molecule has 5 heteroatoms. The highest BCUT2D eigenvalue weighted by Gasteiger charge is 2.09. The summed E-state index contributed by atoms with van der Waals surface area (Å²) in [6.45, 7) is 3.15. The predicted molar refractivity (Wildman–Crippen MR) is 75.0 cm³/mol. The van der Waals surface area contributed by atoms with Crippen LogP contribution in [0.2, 0.25) is 4.34 Å². The summed E-state index contributed by atoms with van der Waals surface area (Å²) in [4.78, 5) is 5.17. The number of hydrogen-bond acceptors (Lipinski definition) is 4. The molecule has 0 saturated carbocycles. The Balaban J connectivity index is 1.80. The summed E-state index contributed by atoms with van der Waals surface area (Å²) < 4.78 is 0.698. The lowest BCUT2D eigenvalue weighted by Gasteiger charge is -2.09. The van der Waals surface area contributed by atoms with Crippen LogP contribution >= 0.6 is 22.9 Å². The van der Waals surface area contributed by atoms with Gasteiger partial charge in [-0.25, -0.2) is 0 Å². The van der Waals surface area contributed by atoms with E-state index in [2.05, 4.69) is 10.3 Å². The Bertz CT molecular complexity index is 498. The highest BCUT2D eigenvalue weighted by atomic mass is 35.5. The molecule has 0 aliphatic heterocycles. The van der Waals surface area contributed by atoms with Gasteiger partial charge in [0.2, 0.25) is 0 Å². The van der Waals surface area contributed by atoms with E-state index >= 15 is 0 Å². The average molecular weight is 283 g/mol. The molecule has 2 N–H and O–H groups in total. The monoisotopic (exact) mass is 282 g/mol. The first kappa shape index (κ1) is 13.5. The lowest BCUT2D eigenvalue weighted by atomic mass is 10.2. The number of aliphatic hydroxyl groups excluding tert-OH is 1. The van der Waals surface area contributed by atoms with Crippen LogP contribution in [0.15, 0.2) is 30.5 Å². The molecule has 0 radical (unpaired) electrons. The Morgan fingerprint density at radius 3 is 2.83 bits per heavy atom. The van der Waals surface area contributed by atoms with Crippen molar-refractivity contribution < 1.29 is 5.11 Å².